The molecule has 1 N–H and O–H groups in total. The van der Waals surface area contributed by atoms with E-state index in [1.54, 1.807) is 37.1 Å². The first kappa shape index (κ1) is 24.3. The molecule has 0 bridgehead atoms. The van der Waals surface area contributed by atoms with Crippen molar-refractivity contribution in [2.75, 3.05) is 48.6 Å². The summed E-state index contributed by atoms with van der Waals surface area (Å²) in [6.45, 7) is 3.80. The number of alkyl halides is 3. The molecule has 8 nitrogen and oxygen atoms in total. The van der Waals surface area contributed by atoms with Crippen molar-refractivity contribution in [3.63, 3.8) is 0 Å². The number of benzene rings is 1. The second-order valence-electron chi connectivity index (χ2n) is 7.79. The number of morpholine rings is 1. The van der Waals surface area contributed by atoms with Crippen LogP contribution < -0.4 is 15.2 Å². The summed E-state index contributed by atoms with van der Waals surface area (Å²) < 4.78 is 58.3. The number of hydrogen-bond acceptors (Lipinski definition) is 8. The number of nitrogens with zero attached hydrogens (tertiary/aromatic N) is 6. The van der Waals surface area contributed by atoms with Gasteiger partial charge in [0.25, 0.3) is 0 Å². The van der Waals surface area contributed by atoms with Crippen LogP contribution in [0.4, 0.5) is 40.7 Å². The van der Waals surface area contributed by atoms with Crippen LogP contribution in [0.2, 0.25) is 0 Å². The number of hydrogen-bond donors (Lipinski definition) is 1. The minimum atomic E-state index is -4.42. The van der Waals surface area contributed by atoms with Gasteiger partial charge < -0.3 is 15.0 Å². The molecule has 0 radical (unpaired) electrons. The van der Waals surface area contributed by atoms with Crippen LogP contribution in [0.5, 0.6) is 0 Å². The average Bonchev–Trinajstić information content (AvgIpc) is 2.85. The maximum Gasteiger partial charge on any atom is 0.416 e. The first-order valence-corrected chi connectivity index (χ1v) is 10.8. The van der Waals surface area contributed by atoms with Crippen molar-refractivity contribution in [2.45, 2.75) is 13.1 Å². The zero-order valence-electron chi connectivity index (χ0n) is 19.1. The maximum atomic E-state index is 14.3. The largest absolute Gasteiger partial charge is 0.416 e. The molecule has 0 spiro atoms. The van der Waals surface area contributed by atoms with Gasteiger partial charge in [-0.2, -0.15) is 23.3 Å². The summed E-state index contributed by atoms with van der Waals surface area (Å²) in [7, 11) is 1.64. The third kappa shape index (κ3) is 6.01. The molecule has 1 saturated heterocycles. The van der Waals surface area contributed by atoms with Gasteiger partial charge in [-0.25, -0.2) is 14.4 Å². The molecule has 0 amide bonds. The standard InChI is InChI=1S/C23H23F4N7O/c1-15(32-33(2)22-29-14-19(24)21(31-22)34-8-10-35-11-9-34)20-7-6-18(13-28-20)30-17-5-3-4-16(12-17)23(25,26)27/h3-7,12-14,30H,8-11H2,1-2H3. The van der Waals surface area contributed by atoms with Gasteiger partial charge in [0.2, 0.25) is 5.95 Å². The number of rotatable bonds is 6. The van der Waals surface area contributed by atoms with Gasteiger partial charge in [-0.1, -0.05) is 6.07 Å². The fraction of sp³-hybridized carbons (Fsp3) is 0.304. The number of hydrazone groups is 1. The van der Waals surface area contributed by atoms with Crippen molar-refractivity contribution in [1.82, 2.24) is 15.0 Å². The van der Waals surface area contributed by atoms with Crippen LogP contribution in [0.3, 0.4) is 0 Å². The van der Waals surface area contributed by atoms with Gasteiger partial charge in [0.1, 0.15) is 0 Å². The predicted molar refractivity (Wildman–Crippen MR) is 125 cm³/mol. The molecule has 35 heavy (non-hydrogen) atoms. The van der Waals surface area contributed by atoms with Crippen molar-refractivity contribution in [1.29, 1.82) is 0 Å². The molecular formula is C23H23F4N7O. The van der Waals surface area contributed by atoms with Gasteiger partial charge >= 0.3 is 6.18 Å². The topological polar surface area (TPSA) is 78.8 Å². The Morgan fingerprint density at radius 1 is 1.09 bits per heavy atom. The minimum Gasteiger partial charge on any atom is -0.378 e. The van der Waals surface area contributed by atoms with Crippen LogP contribution in [-0.4, -0.2) is 54.0 Å². The lowest BCUT2D eigenvalue weighted by Gasteiger charge is -2.28. The zero-order chi connectivity index (χ0) is 25.0. The summed E-state index contributed by atoms with van der Waals surface area (Å²) in [6, 6.07) is 8.29. The van der Waals surface area contributed by atoms with E-state index in [-0.39, 0.29) is 11.8 Å². The number of nitrogens with one attached hydrogen (secondary N) is 1. The van der Waals surface area contributed by atoms with Gasteiger partial charge in [0.15, 0.2) is 11.6 Å². The van der Waals surface area contributed by atoms with Gasteiger partial charge in [-0.05, 0) is 37.3 Å². The van der Waals surface area contributed by atoms with Crippen LogP contribution in [0.15, 0.2) is 53.9 Å². The van der Waals surface area contributed by atoms with E-state index in [0.717, 1.165) is 18.3 Å². The molecular weight excluding hydrogens is 466 g/mol. The fourth-order valence-electron chi connectivity index (χ4n) is 3.44. The molecule has 0 unspecified atom stereocenters. The van der Waals surface area contributed by atoms with E-state index in [2.05, 4.69) is 25.4 Å². The SMILES string of the molecule is CC(=NN(C)c1ncc(F)c(N2CCOCC2)n1)c1ccc(Nc2cccc(C(F)(F)F)c2)cn1. The molecule has 0 saturated carbocycles. The molecule has 1 aliphatic rings. The quantitative estimate of drug-likeness (QED) is 0.311. The first-order valence-electron chi connectivity index (χ1n) is 10.8. The normalized spacial score (nSPS) is 14.7. The van der Waals surface area contributed by atoms with Crippen molar-refractivity contribution < 1.29 is 22.3 Å². The third-order valence-electron chi connectivity index (χ3n) is 5.23. The molecule has 12 heteroatoms. The molecule has 0 aliphatic carbocycles. The molecule has 184 valence electrons. The maximum absolute atomic E-state index is 14.3. The predicted octanol–water partition coefficient (Wildman–Crippen LogP) is 4.47. The van der Waals surface area contributed by atoms with Crippen LogP contribution in [-0.2, 0) is 10.9 Å². The number of anilines is 4. The number of halogens is 4. The summed E-state index contributed by atoms with van der Waals surface area (Å²) in [5, 5.41) is 8.77. The highest BCUT2D eigenvalue weighted by atomic mass is 19.4. The van der Waals surface area contributed by atoms with Crippen LogP contribution >= 0.6 is 0 Å². The van der Waals surface area contributed by atoms with E-state index in [0.29, 0.717) is 49.1 Å². The molecule has 3 heterocycles. The number of aromatic nitrogens is 3. The molecule has 2 aromatic heterocycles. The lowest BCUT2D eigenvalue weighted by molar-refractivity contribution is -0.137. The van der Waals surface area contributed by atoms with Crippen LogP contribution in [0.1, 0.15) is 18.2 Å². The number of pyridine rings is 1. The van der Waals surface area contributed by atoms with E-state index in [4.69, 9.17) is 4.74 Å². The third-order valence-corrected chi connectivity index (χ3v) is 5.23. The molecule has 1 aliphatic heterocycles. The zero-order valence-corrected chi connectivity index (χ0v) is 19.1. The summed E-state index contributed by atoms with van der Waals surface area (Å²) >= 11 is 0. The van der Waals surface area contributed by atoms with E-state index in [1.165, 1.54) is 17.3 Å². The average molecular weight is 489 g/mol. The highest BCUT2D eigenvalue weighted by Crippen LogP contribution is 2.31. The highest BCUT2D eigenvalue weighted by molar-refractivity contribution is 5.97. The van der Waals surface area contributed by atoms with Crippen LogP contribution in [0, 0.1) is 5.82 Å². The summed E-state index contributed by atoms with van der Waals surface area (Å²) in [5.74, 6) is -0.105. The highest BCUT2D eigenvalue weighted by Gasteiger charge is 2.30. The summed E-state index contributed by atoms with van der Waals surface area (Å²) in [5.41, 5.74) is 1.16. The van der Waals surface area contributed by atoms with Crippen LogP contribution in [0.25, 0.3) is 0 Å². The smallest absolute Gasteiger partial charge is 0.378 e. The Morgan fingerprint density at radius 2 is 1.86 bits per heavy atom. The van der Waals surface area contributed by atoms with Crippen molar-refractivity contribution >= 4 is 28.9 Å². The Bertz CT molecular complexity index is 1200. The van der Waals surface area contributed by atoms with E-state index >= 15 is 0 Å². The van der Waals surface area contributed by atoms with Crippen molar-refractivity contribution in [2.24, 2.45) is 5.10 Å². The molecule has 1 fully saturated rings. The fourth-order valence-corrected chi connectivity index (χ4v) is 3.44. The molecule has 0 atom stereocenters. The Hall–Kier alpha value is -3.80. The Labute approximate surface area is 199 Å². The van der Waals surface area contributed by atoms with Gasteiger partial charge in [0, 0.05) is 25.8 Å². The molecule has 3 aromatic rings. The van der Waals surface area contributed by atoms with E-state index in [9.17, 15) is 17.6 Å². The van der Waals surface area contributed by atoms with E-state index < -0.39 is 17.6 Å². The van der Waals surface area contributed by atoms with Gasteiger partial charge in [-0.15, -0.1) is 0 Å². The second kappa shape index (κ2) is 10.2. The van der Waals surface area contributed by atoms with Crippen molar-refractivity contribution in [3.8, 4) is 0 Å². The summed E-state index contributed by atoms with van der Waals surface area (Å²) in [6.07, 6.45) is -1.81. The molecule has 4 rings (SSSR count). The summed E-state index contributed by atoms with van der Waals surface area (Å²) in [4.78, 5) is 14.5. The Morgan fingerprint density at radius 3 is 2.54 bits per heavy atom. The van der Waals surface area contributed by atoms with Gasteiger partial charge in [0.05, 0.1) is 48.3 Å². The lowest BCUT2D eigenvalue weighted by Crippen LogP contribution is -2.37. The van der Waals surface area contributed by atoms with Crippen molar-refractivity contribution in [3.05, 3.63) is 65.9 Å². The second-order valence-corrected chi connectivity index (χ2v) is 7.79. The Balaban J connectivity index is 1.46. The monoisotopic (exact) mass is 489 g/mol. The minimum absolute atomic E-state index is 0.196. The lowest BCUT2D eigenvalue weighted by atomic mass is 10.2. The molecule has 1 aromatic carbocycles. The van der Waals surface area contributed by atoms with Gasteiger partial charge in [-0.3, -0.25) is 4.98 Å². The first-order chi connectivity index (χ1) is 16.7. The Kier molecular flexibility index (Phi) is 7.10. The number of ether oxygens (including phenoxy) is 1. The van der Waals surface area contributed by atoms with E-state index in [1.807, 2.05) is 0 Å².